The Labute approximate surface area is 85.4 Å². The molecule has 0 saturated heterocycles. The fourth-order valence-electron chi connectivity index (χ4n) is 0.969. The third-order valence-electron chi connectivity index (χ3n) is 1.79. The summed E-state index contributed by atoms with van der Waals surface area (Å²) in [5, 5.41) is 0. The van der Waals surface area contributed by atoms with Crippen molar-refractivity contribution in [1.82, 2.24) is 0 Å². The first-order valence-electron chi connectivity index (χ1n) is 4.23. The minimum Gasteiger partial charge on any atom is -0.143 e. The van der Waals surface area contributed by atoms with Crippen molar-refractivity contribution < 1.29 is 0 Å². The Bertz CT molecular complexity index is 348. The monoisotopic (exact) mass is 190 g/mol. The van der Waals surface area contributed by atoms with E-state index in [1.165, 1.54) is 11.1 Å². The first-order chi connectivity index (χ1) is 6.09. The van der Waals surface area contributed by atoms with Gasteiger partial charge < -0.3 is 0 Å². The van der Waals surface area contributed by atoms with Gasteiger partial charge in [-0.3, -0.25) is 0 Å². The van der Waals surface area contributed by atoms with E-state index in [0.29, 0.717) is 0 Å². The molecule has 0 atom stereocenters. The van der Waals surface area contributed by atoms with Gasteiger partial charge in [0, 0.05) is 4.90 Å². The number of benzene rings is 1. The molecular weight excluding hydrogens is 176 g/mol. The largest absolute Gasteiger partial charge is 0.143 e. The van der Waals surface area contributed by atoms with Crippen molar-refractivity contribution >= 4 is 18.7 Å². The summed E-state index contributed by atoms with van der Waals surface area (Å²) in [7, 11) is 0. The van der Waals surface area contributed by atoms with Gasteiger partial charge in [0.15, 0.2) is 0 Å². The summed E-state index contributed by atoms with van der Waals surface area (Å²) in [5.74, 6) is 0. The van der Waals surface area contributed by atoms with Crippen molar-refractivity contribution in [1.29, 1.82) is 0 Å². The first kappa shape index (κ1) is 10.1. The van der Waals surface area contributed by atoms with E-state index in [2.05, 4.69) is 44.3 Å². The Hall–Kier alpha value is -0.950. The fraction of sp³-hybridized carbons (Fsp3) is 0.167. The lowest BCUT2D eigenvalue weighted by Gasteiger charge is -1.99. The number of hydrogen-bond donors (Lipinski definition) is 1. The molecule has 0 aromatic heterocycles. The average molecular weight is 190 g/mol. The van der Waals surface area contributed by atoms with Gasteiger partial charge in [-0.15, -0.1) is 12.6 Å². The zero-order valence-electron chi connectivity index (χ0n) is 8.04. The molecule has 0 radical (unpaired) electrons. The highest BCUT2D eigenvalue weighted by atomic mass is 32.1. The molecule has 0 unspecified atom stereocenters. The van der Waals surface area contributed by atoms with Crippen LogP contribution in [0.3, 0.4) is 0 Å². The van der Waals surface area contributed by atoms with Crippen LogP contribution in [0.4, 0.5) is 0 Å². The zero-order valence-corrected chi connectivity index (χ0v) is 8.94. The Kier molecular flexibility index (Phi) is 3.38. The minimum atomic E-state index is 1.03. The Balaban J connectivity index is 2.92. The van der Waals surface area contributed by atoms with Crippen molar-refractivity contribution in [3.05, 3.63) is 47.6 Å². The van der Waals surface area contributed by atoms with Crippen molar-refractivity contribution in [2.75, 3.05) is 0 Å². The summed E-state index contributed by atoms with van der Waals surface area (Å²) in [6.45, 7) is 7.83. The Morgan fingerprint density at radius 2 is 2.15 bits per heavy atom. The summed E-state index contributed by atoms with van der Waals surface area (Å²) in [4.78, 5) is 1.03. The molecule has 1 heteroatoms. The lowest BCUT2D eigenvalue weighted by Crippen LogP contribution is -1.78. The topological polar surface area (TPSA) is 0 Å². The van der Waals surface area contributed by atoms with E-state index in [1.54, 1.807) is 0 Å². The molecule has 0 bridgehead atoms. The highest BCUT2D eigenvalue weighted by molar-refractivity contribution is 7.80. The van der Waals surface area contributed by atoms with Crippen LogP contribution in [-0.2, 0) is 0 Å². The van der Waals surface area contributed by atoms with Crippen molar-refractivity contribution in [2.45, 2.75) is 18.7 Å². The van der Waals surface area contributed by atoms with Crippen LogP contribution in [0.25, 0.3) is 6.08 Å². The van der Waals surface area contributed by atoms with Gasteiger partial charge in [-0.05, 0) is 31.0 Å². The molecule has 1 aromatic rings. The minimum absolute atomic E-state index is 1.03. The van der Waals surface area contributed by atoms with Crippen LogP contribution in [0.2, 0.25) is 0 Å². The highest BCUT2D eigenvalue weighted by Crippen LogP contribution is 2.16. The van der Waals surface area contributed by atoms with Crippen LogP contribution in [0.1, 0.15) is 18.1 Å². The normalized spacial score (nSPS) is 10.7. The number of thiol groups is 1. The molecule has 0 heterocycles. The second-order valence-corrected chi connectivity index (χ2v) is 3.71. The van der Waals surface area contributed by atoms with Crippen LogP contribution in [0, 0.1) is 6.92 Å². The van der Waals surface area contributed by atoms with Gasteiger partial charge in [-0.1, -0.05) is 36.4 Å². The number of rotatable bonds is 2. The zero-order chi connectivity index (χ0) is 9.84. The molecule has 1 rings (SSSR count). The van der Waals surface area contributed by atoms with Crippen LogP contribution in [0.5, 0.6) is 0 Å². The van der Waals surface area contributed by atoms with Crippen molar-refractivity contribution in [3.63, 3.8) is 0 Å². The standard InChI is InChI=1S/C12H14S/c1-9(2)4-6-11-7-5-10(3)12(13)8-11/h4-8,13H,1H2,2-3H3/b6-4+. The van der Waals surface area contributed by atoms with E-state index < -0.39 is 0 Å². The maximum absolute atomic E-state index is 4.36. The molecule has 68 valence electrons. The van der Waals surface area contributed by atoms with Crippen LogP contribution >= 0.6 is 12.6 Å². The Morgan fingerprint density at radius 3 is 2.69 bits per heavy atom. The number of allylic oxidation sites excluding steroid dienone is 2. The van der Waals surface area contributed by atoms with Gasteiger partial charge in [-0.25, -0.2) is 0 Å². The lowest BCUT2D eigenvalue weighted by molar-refractivity contribution is 1.30. The molecule has 0 N–H and O–H groups in total. The molecule has 0 aliphatic carbocycles. The molecule has 0 spiro atoms. The first-order valence-corrected chi connectivity index (χ1v) is 4.67. The molecule has 0 aliphatic rings. The molecule has 0 saturated carbocycles. The van der Waals surface area contributed by atoms with Gasteiger partial charge in [0.05, 0.1) is 0 Å². The second-order valence-electron chi connectivity index (χ2n) is 3.23. The summed E-state index contributed by atoms with van der Waals surface area (Å²) in [5.41, 5.74) is 3.43. The van der Waals surface area contributed by atoms with Crippen LogP contribution in [0.15, 0.2) is 41.3 Å². The van der Waals surface area contributed by atoms with Crippen molar-refractivity contribution in [2.24, 2.45) is 0 Å². The van der Waals surface area contributed by atoms with E-state index >= 15 is 0 Å². The molecule has 0 aliphatic heterocycles. The third kappa shape index (κ3) is 3.11. The van der Waals surface area contributed by atoms with E-state index in [-0.39, 0.29) is 0 Å². The van der Waals surface area contributed by atoms with Gasteiger partial charge in [0.1, 0.15) is 0 Å². The molecule has 0 amide bonds. The summed E-state index contributed by atoms with van der Waals surface area (Å²) in [6, 6.07) is 6.20. The predicted octanol–water partition coefficient (Wildman–Crippen LogP) is 3.87. The van der Waals surface area contributed by atoms with Gasteiger partial charge in [0.2, 0.25) is 0 Å². The quantitative estimate of drug-likeness (QED) is 0.531. The maximum Gasteiger partial charge on any atom is 0.00751 e. The molecular formula is C12H14S. The average Bonchev–Trinajstić information content (AvgIpc) is 2.07. The SMILES string of the molecule is C=C(C)/C=C/c1ccc(C)c(S)c1. The third-order valence-corrected chi connectivity index (χ3v) is 2.28. The summed E-state index contributed by atoms with van der Waals surface area (Å²) < 4.78 is 0. The highest BCUT2D eigenvalue weighted by Gasteiger charge is 1.92. The fourth-order valence-corrected chi connectivity index (χ4v) is 1.19. The molecule has 0 nitrogen and oxygen atoms in total. The molecule has 13 heavy (non-hydrogen) atoms. The van der Waals surface area contributed by atoms with E-state index in [0.717, 1.165) is 10.5 Å². The van der Waals surface area contributed by atoms with Crippen LogP contribution in [-0.4, -0.2) is 0 Å². The van der Waals surface area contributed by atoms with E-state index in [4.69, 9.17) is 0 Å². The predicted molar refractivity (Wildman–Crippen MR) is 62.3 cm³/mol. The molecule has 0 fully saturated rings. The lowest BCUT2D eigenvalue weighted by atomic mass is 10.1. The van der Waals surface area contributed by atoms with E-state index in [9.17, 15) is 0 Å². The molecule has 1 aromatic carbocycles. The van der Waals surface area contributed by atoms with Gasteiger partial charge in [0.25, 0.3) is 0 Å². The van der Waals surface area contributed by atoms with Gasteiger partial charge in [-0.2, -0.15) is 0 Å². The number of aryl methyl sites for hydroxylation is 1. The Morgan fingerprint density at radius 1 is 1.46 bits per heavy atom. The summed E-state index contributed by atoms with van der Waals surface area (Å²) in [6.07, 6.45) is 4.04. The second kappa shape index (κ2) is 4.33. The van der Waals surface area contributed by atoms with Crippen molar-refractivity contribution in [3.8, 4) is 0 Å². The number of hydrogen-bond acceptors (Lipinski definition) is 1. The van der Waals surface area contributed by atoms with E-state index in [1.807, 2.05) is 19.1 Å². The van der Waals surface area contributed by atoms with Gasteiger partial charge >= 0.3 is 0 Å². The van der Waals surface area contributed by atoms with Crippen LogP contribution < -0.4 is 0 Å². The smallest absolute Gasteiger partial charge is 0.00751 e. The maximum atomic E-state index is 4.36. The summed E-state index contributed by atoms with van der Waals surface area (Å²) >= 11 is 4.36.